The SMILES string of the molecule is C=CC12CCCC1C(C)C2=O. The van der Waals surface area contributed by atoms with E-state index in [1.165, 1.54) is 12.8 Å². The van der Waals surface area contributed by atoms with Gasteiger partial charge in [0, 0.05) is 5.92 Å². The number of carbonyl (C=O) groups excluding carboxylic acids is 1. The molecule has 1 nitrogen and oxygen atoms in total. The van der Waals surface area contributed by atoms with Crippen LogP contribution in [0.3, 0.4) is 0 Å². The van der Waals surface area contributed by atoms with E-state index in [9.17, 15) is 4.79 Å². The second kappa shape index (κ2) is 1.96. The molecule has 3 unspecified atom stereocenters. The van der Waals surface area contributed by atoms with Crippen molar-refractivity contribution in [1.82, 2.24) is 0 Å². The number of ketones is 1. The van der Waals surface area contributed by atoms with Gasteiger partial charge in [0.25, 0.3) is 0 Å². The van der Waals surface area contributed by atoms with Crippen molar-refractivity contribution in [2.75, 3.05) is 0 Å². The summed E-state index contributed by atoms with van der Waals surface area (Å²) in [5.74, 6) is 1.39. The molecular weight excluding hydrogens is 136 g/mol. The van der Waals surface area contributed by atoms with Crippen LogP contribution in [0.5, 0.6) is 0 Å². The maximum absolute atomic E-state index is 11.5. The van der Waals surface area contributed by atoms with E-state index in [-0.39, 0.29) is 5.41 Å². The molecule has 2 saturated carbocycles. The summed E-state index contributed by atoms with van der Waals surface area (Å²) in [4.78, 5) is 11.5. The van der Waals surface area contributed by atoms with E-state index in [1.807, 2.05) is 6.08 Å². The molecule has 0 aliphatic heterocycles. The van der Waals surface area contributed by atoms with Crippen molar-refractivity contribution < 1.29 is 4.79 Å². The highest BCUT2D eigenvalue weighted by Crippen LogP contribution is 2.58. The normalized spacial score (nSPS) is 48.3. The first-order chi connectivity index (χ1) is 5.22. The van der Waals surface area contributed by atoms with Crippen LogP contribution in [0.25, 0.3) is 0 Å². The number of hydrogen-bond donors (Lipinski definition) is 0. The molecule has 0 saturated heterocycles. The van der Waals surface area contributed by atoms with E-state index in [1.54, 1.807) is 0 Å². The summed E-state index contributed by atoms with van der Waals surface area (Å²) in [6.45, 7) is 5.84. The number of carbonyl (C=O) groups is 1. The minimum absolute atomic E-state index is 0.0700. The summed E-state index contributed by atoms with van der Waals surface area (Å²) in [5, 5.41) is 0. The molecule has 0 aromatic heterocycles. The molecule has 2 rings (SSSR count). The summed E-state index contributed by atoms with van der Waals surface area (Å²) in [5.41, 5.74) is -0.0700. The Morgan fingerprint density at radius 2 is 2.45 bits per heavy atom. The lowest BCUT2D eigenvalue weighted by Gasteiger charge is -2.46. The molecule has 0 N–H and O–H groups in total. The van der Waals surface area contributed by atoms with Gasteiger partial charge in [-0.1, -0.05) is 19.4 Å². The third-order valence-corrected chi connectivity index (χ3v) is 3.61. The van der Waals surface area contributed by atoms with Crippen molar-refractivity contribution in [1.29, 1.82) is 0 Å². The largest absolute Gasteiger partial charge is 0.298 e. The average molecular weight is 150 g/mol. The van der Waals surface area contributed by atoms with Crippen LogP contribution in [-0.2, 0) is 4.79 Å². The van der Waals surface area contributed by atoms with E-state index >= 15 is 0 Å². The number of Topliss-reactive ketones (excluding diaryl/α,β-unsaturated/α-hetero) is 1. The van der Waals surface area contributed by atoms with Gasteiger partial charge in [0.15, 0.2) is 0 Å². The molecule has 2 aliphatic carbocycles. The van der Waals surface area contributed by atoms with Crippen molar-refractivity contribution >= 4 is 5.78 Å². The van der Waals surface area contributed by atoms with Gasteiger partial charge in [-0.25, -0.2) is 0 Å². The van der Waals surface area contributed by atoms with E-state index < -0.39 is 0 Å². The molecule has 2 fully saturated rings. The molecule has 0 radical (unpaired) electrons. The lowest BCUT2D eigenvalue weighted by Crippen LogP contribution is -2.52. The zero-order chi connectivity index (χ0) is 8.06. The van der Waals surface area contributed by atoms with Gasteiger partial charge in [-0.2, -0.15) is 0 Å². The van der Waals surface area contributed by atoms with E-state index in [2.05, 4.69) is 13.5 Å². The van der Waals surface area contributed by atoms with Crippen LogP contribution in [0.1, 0.15) is 26.2 Å². The highest BCUT2D eigenvalue weighted by Gasteiger charge is 2.59. The molecule has 0 aromatic carbocycles. The van der Waals surface area contributed by atoms with Gasteiger partial charge in [-0.15, -0.1) is 6.58 Å². The predicted molar refractivity (Wildman–Crippen MR) is 44.1 cm³/mol. The van der Waals surface area contributed by atoms with Crippen LogP contribution in [0, 0.1) is 17.3 Å². The van der Waals surface area contributed by atoms with Crippen LogP contribution in [0.2, 0.25) is 0 Å². The highest BCUT2D eigenvalue weighted by atomic mass is 16.1. The Morgan fingerprint density at radius 1 is 1.73 bits per heavy atom. The molecule has 2 aliphatic rings. The molecule has 3 atom stereocenters. The third kappa shape index (κ3) is 0.597. The Morgan fingerprint density at radius 3 is 3.00 bits per heavy atom. The molecule has 0 amide bonds. The first kappa shape index (κ1) is 7.08. The van der Waals surface area contributed by atoms with Crippen molar-refractivity contribution in [3.05, 3.63) is 12.7 Å². The second-order valence-corrected chi connectivity index (χ2v) is 3.90. The van der Waals surface area contributed by atoms with E-state index in [0.717, 1.165) is 6.42 Å². The fourth-order valence-corrected chi connectivity index (χ4v) is 2.92. The number of allylic oxidation sites excluding steroid dienone is 1. The van der Waals surface area contributed by atoms with Crippen LogP contribution in [-0.4, -0.2) is 5.78 Å². The maximum Gasteiger partial charge on any atom is 0.146 e. The molecule has 0 heterocycles. The molecule has 60 valence electrons. The summed E-state index contributed by atoms with van der Waals surface area (Å²) in [6.07, 6.45) is 5.41. The summed E-state index contributed by atoms with van der Waals surface area (Å²) < 4.78 is 0. The molecular formula is C10H14O. The quantitative estimate of drug-likeness (QED) is 0.523. The second-order valence-electron chi connectivity index (χ2n) is 3.90. The van der Waals surface area contributed by atoms with Gasteiger partial charge in [-0.3, -0.25) is 4.79 Å². The summed E-state index contributed by atoms with van der Waals surface area (Å²) in [7, 11) is 0. The van der Waals surface area contributed by atoms with Gasteiger partial charge in [0.2, 0.25) is 0 Å². The number of hydrogen-bond acceptors (Lipinski definition) is 1. The zero-order valence-corrected chi connectivity index (χ0v) is 6.97. The van der Waals surface area contributed by atoms with Crippen molar-refractivity contribution in [3.63, 3.8) is 0 Å². The van der Waals surface area contributed by atoms with E-state index in [4.69, 9.17) is 0 Å². The van der Waals surface area contributed by atoms with Crippen molar-refractivity contribution in [2.45, 2.75) is 26.2 Å². The number of fused-ring (bicyclic) bond motifs is 1. The van der Waals surface area contributed by atoms with Gasteiger partial charge >= 0.3 is 0 Å². The Balaban J connectivity index is 2.32. The lowest BCUT2D eigenvalue weighted by molar-refractivity contribution is -0.147. The smallest absolute Gasteiger partial charge is 0.146 e. The third-order valence-electron chi connectivity index (χ3n) is 3.61. The van der Waals surface area contributed by atoms with Crippen LogP contribution in [0.4, 0.5) is 0 Å². The van der Waals surface area contributed by atoms with Gasteiger partial charge in [0.1, 0.15) is 5.78 Å². The number of rotatable bonds is 1. The minimum atomic E-state index is -0.0700. The molecule has 0 aromatic rings. The summed E-state index contributed by atoms with van der Waals surface area (Å²) in [6, 6.07) is 0. The molecule has 11 heavy (non-hydrogen) atoms. The Hall–Kier alpha value is -0.590. The fraction of sp³-hybridized carbons (Fsp3) is 0.700. The standard InChI is InChI=1S/C10H14O/c1-3-10-6-4-5-8(10)7(2)9(10)11/h3,7-8H,1,4-6H2,2H3. The maximum atomic E-state index is 11.5. The van der Waals surface area contributed by atoms with Gasteiger partial charge in [-0.05, 0) is 18.8 Å². The Bertz CT molecular complexity index is 219. The first-order valence-corrected chi connectivity index (χ1v) is 4.40. The van der Waals surface area contributed by atoms with Gasteiger partial charge < -0.3 is 0 Å². The monoisotopic (exact) mass is 150 g/mol. The Labute approximate surface area is 67.5 Å². The highest BCUT2D eigenvalue weighted by molar-refractivity contribution is 5.95. The van der Waals surface area contributed by atoms with Gasteiger partial charge in [0.05, 0.1) is 5.41 Å². The van der Waals surface area contributed by atoms with Crippen molar-refractivity contribution in [3.8, 4) is 0 Å². The zero-order valence-electron chi connectivity index (χ0n) is 6.97. The predicted octanol–water partition coefficient (Wildman–Crippen LogP) is 2.18. The van der Waals surface area contributed by atoms with Crippen molar-refractivity contribution in [2.24, 2.45) is 17.3 Å². The van der Waals surface area contributed by atoms with Crippen LogP contribution < -0.4 is 0 Å². The van der Waals surface area contributed by atoms with Crippen LogP contribution in [0.15, 0.2) is 12.7 Å². The van der Waals surface area contributed by atoms with E-state index in [0.29, 0.717) is 17.6 Å². The topological polar surface area (TPSA) is 17.1 Å². The lowest BCUT2D eigenvalue weighted by atomic mass is 9.55. The minimum Gasteiger partial charge on any atom is -0.298 e. The summed E-state index contributed by atoms with van der Waals surface area (Å²) >= 11 is 0. The Kier molecular flexibility index (Phi) is 1.26. The average Bonchev–Trinajstić information content (AvgIpc) is 2.43. The molecule has 0 bridgehead atoms. The molecule has 1 heteroatoms. The fourth-order valence-electron chi connectivity index (χ4n) is 2.92. The molecule has 0 spiro atoms. The van der Waals surface area contributed by atoms with Crippen LogP contribution >= 0.6 is 0 Å². The first-order valence-electron chi connectivity index (χ1n) is 4.40.